The van der Waals surface area contributed by atoms with Crippen LogP contribution in [0.15, 0.2) is 42.5 Å². The molecule has 1 amide bonds. The molecule has 1 aromatic heterocycles. The van der Waals surface area contributed by atoms with Gasteiger partial charge in [-0.05, 0) is 36.4 Å². The maximum Gasteiger partial charge on any atom is 0.413 e. The van der Waals surface area contributed by atoms with Gasteiger partial charge in [0.2, 0.25) is 5.95 Å². The number of nitriles is 1. The number of fused-ring (bicyclic) bond motifs is 1. The highest BCUT2D eigenvalue weighted by molar-refractivity contribution is 5.86. The number of methoxy groups -OCH3 is 1. The molecule has 0 fully saturated rings. The van der Waals surface area contributed by atoms with Crippen molar-refractivity contribution in [3.8, 4) is 17.6 Å². The van der Waals surface area contributed by atoms with Crippen molar-refractivity contribution >= 4 is 23.1 Å². The summed E-state index contributed by atoms with van der Waals surface area (Å²) in [6.45, 7) is 0. The van der Waals surface area contributed by atoms with Crippen molar-refractivity contribution in [3.63, 3.8) is 0 Å². The van der Waals surface area contributed by atoms with E-state index < -0.39 is 6.09 Å². The lowest BCUT2D eigenvalue weighted by molar-refractivity contribution is 0.186. The van der Waals surface area contributed by atoms with Gasteiger partial charge in [-0.25, -0.2) is 9.78 Å². The summed E-state index contributed by atoms with van der Waals surface area (Å²) in [5, 5.41) is 11.2. The highest BCUT2D eigenvalue weighted by Gasteiger charge is 2.08. The number of benzene rings is 2. The van der Waals surface area contributed by atoms with Crippen LogP contribution in [0, 0.1) is 11.3 Å². The lowest BCUT2D eigenvalue weighted by Crippen LogP contribution is -2.11. The molecule has 3 rings (SSSR count). The van der Waals surface area contributed by atoms with Gasteiger partial charge in [-0.15, -0.1) is 0 Å². The Bertz CT molecular complexity index is 894. The molecule has 1 heterocycles. The van der Waals surface area contributed by atoms with E-state index in [0.29, 0.717) is 34.0 Å². The van der Waals surface area contributed by atoms with Gasteiger partial charge >= 0.3 is 6.09 Å². The van der Waals surface area contributed by atoms with E-state index in [-0.39, 0.29) is 0 Å². The van der Waals surface area contributed by atoms with E-state index in [1.54, 1.807) is 42.5 Å². The summed E-state index contributed by atoms with van der Waals surface area (Å²) in [5.41, 5.74) is 1.96. The van der Waals surface area contributed by atoms with E-state index >= 15 is 0 Å². The fraction of sp³-hybridized carbons (Fsp3) is 0.0625. The van der Waals surface area contributed by atoms with Gasteiger partial charge in [0.15, 0.2) is 0 Å². The van der Waals surface area contributed by atoms with Crippen molar-refractivity contribution in [2.24, 2.45) is 0 Å². The zero-order valence-corrected chi connectivity index (χ0v) is 12.2. The normalized spacial score (nSPS) is 10.1. The first-order valence-electron chi connectivity index (χ1n) is 6.70. The SMILES string of the molecule is COC(=O)Nc1nc2ccc(Oc3ccc(C#N)cc3)cc2[nH]1. The Hall–Kier alpha value is -3.53. The zero-order valence-electron chi connectivity index (χ0n) is 12.2. The molecular weight excluding hydrogens is 296 g/mol. The summed E-state index contributed by atoms with van der Waals surface area (Å²) < 4.78 is 10.2. The predicted molar refractivity (Wildman–Crippen MR) is 83.4 cm³/mol. The number of amides is 1. The molecule has 114 valence electrons. The average molecular weight is 308 g/mol. The van der Waals surface area contributed by atoms with E-state index in [4.69, 9.17) is 10.00 Å². The van der Waals surface area contributed by atoms with Crippen molar-refractivity contribution in [2.75, 3.05) is 12.4 Å². The highest BCUT2D eigenvalue weighted by Crippen LogP contribution is 2.25. The van der Waals surface area contributed by atoms with Crippen LogP contribution in [0.5, 0.6) is 11.5 Å². The van der Waals surface area contributed by atoms with Crippen LogP contribution in [0.1, 0.15) is 5.56 Å². The van der Waals surface area contributed by atoms with Crippen molar-refractivity contribution < 1.29 is 14.3 Å². The first-order chi connectivity index (χ1) is 11.2. The van der Waals surface area contributed by atoms with E-state index in [1.807, 2.05) is 0 Å². The Labute approximate surface area is 131 Å². The van der Waals surface area contributed by atoms with Gasteiger partial charge in [-0.1, -0.05) is 0 Å². The third kappa shape index (κ3) is 3.22. The van der Waals surface area contributed by atoms with Crippen molar-refractivity contribution in [2.45, 2.75) is 0 Å². The number of aromatic amines is 1. The summed E-state index contributed by atoms with van der Waals surface area (Å²) in [7, 11) is 1.28. The Morgan fingerprint density at radius 3 is 2.65 bits per heavy atom. The number of anilines is 1. The third-order valence-electron chi connectivity index (χ3n) is 3.08. The van der Waals surface area contributed by atoms with Crippen molar-refractivity contribution in [1.82, 2.24) is 9.97 Å². The number of nitrogens with one attached hydrogen (secondary N) is 2. The maximum absolute atomic E-state index is 11.2. The lowest BCUT2D eigenvalue weighted by Gasteiger charge is -2.05. The Balaban J connectivity index is 1.81. The van der Waals surface area contributed by atoms with Gasteiger partial charge in [0, 0.05) is 6.07 Å². The molecule has 2 aromatic carbocycles. The lowest BCUT2D eigenvalue weighted by atomic mass is 10.2. The summed E-state index contributed by atoms with van der Waals surface area (Å²) in [6, 6.07) is 14.2. The Morgan fingerprint density at radius 2 is 1.96 bits per heavy atom. The van der Waals surface area contributed by atoms with Gasteiger partial charge in [-0.2, -0.15) is 5.26 Å². The molecule has 0 atom stereocenters. The number of nitrogens with zero attached hydrogens (tertiary/aromatic N) is 2. The molecule has 0 aliphatic heterocycles. The van der Waals surface area contributed by atoms with Crippen molar-refractivity contribution in [1.29, 1.82) is 5.26 Å². The monoisotopic (exact) mass is 308 g/mol. The van der Waals surface area contributed by atoms with Gasteiger partial charge in [0.05, 0.1) is 29.8 Å². The molecule has 0 saturated heterocycles. The number of rotatable bonds is 3. The number of ether oxygens (including phenoxy) is 2. The van der Waals surface area contributed by atoms with Crippen LogP contribution < -0.4 is 10.1 Å². The smallest absolute Gasteiger partial charge is 0.413 e. The predicted octanol–water partition coefficient (Wildman–Crippen LogP) is 3.41. The standard InChI is InChI=1S/C16H12N4O3/c1-22-16(21)20-15-18-13-7-6-12(8-14(13)19-15)23-11-4-2-10(9-17)3-5-11/h2-8H,1H3,(H2,18,19,20,21). The molecule has 0 spiro atoms. The second-order valence-electron chi connectivity index (χ2n) is 4.62. The van der Waals surface area contributed by atoms with E-state index in [0.717, 1.165) is 0 Å². The molecule has 23 heavy (non-hydrogen) atoms. The van der Waals surface area contributed by atoms with Crippen LogP contribution in [-0.2, 0) is 4.74 Å². The summed E-state index contributed by atoms with van der Waals surface area (Å²) in [4.78, 5) is 18.3. The molecular formula is C16H12N4O3. The van der Waals surface area contributed by atoms with Crippen LogP contribution in [0.2, 0.25) is 0 Å². The van der Waals surface area contributed by atoms with E-state index in [1.165, 1.54) is 7.11 Å². The Morgan fingerprint density at radius 1 is 1.22 bits per heavy atom. The first-order valence-corrected chi connectivity index (χ1v) is 6.70. The van der Waals surface area contributed by atoms with Crippen LogP contribution in [0.4, 0.5) is 10.7 Å². The number of carbonyl (C=O) groups excluding carboxylic acids is 1. The molecule has 3 aromatic rings. The number of H-pyrrole nitrogens is 1. The maximum atomic E-state index is 11.2. The molecule has 0 aliphatic rings. The Kier molecular flexibility index (Phi) is 3.80. The first kappa shape index (κ1) is 14.4. The summed E-state index contributed by atoms with van der Waals surface area (Å²) in [5.74, 6) is 1.52. The molecule has 2 N–H and O–H groups in total. The number of hydrogen-bond acceptors (Lipinski definition) is 5. The summed E-state index contributed by atoms with van der Waals surface area (Å²) >= 11 is 0. The van der Waals surface area contributed by atoms with Gasteiger partial charge in [0.25, 0.3) is 0 Å². The van der Waals surface area contributed by atoms with Gasteiger partial charge < -0.3 is 14.5 Å². The van der Waals surface area contributed by atoms with E-state index in [2.05, 4.69) is 26.1 Å². The number of hydrogen-bond donors (Lipinski definition) is 2. The third-order valence-corrected chi connectivity index (χ3v) is 3.08. The molecule has 0 radical (unpaired) electrons. The largest absolute Gasteiger partial charge is 0.457 e. The minimum atomic E-state index is -0.599. The minimum Gasteiger partial charge on any atom is -0.457 e. The number of imidazole rings is 1. The van der Waals surface area contributed by atoms with Crippen LogP contribution in [0.25, 0.3) is 11.0 Å². The van der Waals surface area contributed by atoms with Crippen LogP contribution in [-0.4, -0.2) is 23.2 Å². The number of carbonyl (C=O) groups is 1. The quantitative estimate of drug-likeness (QED) is 0.772. The molecule has 7 heteroatoms. The fourth-order valence-electron chi connectivity index (χ4n) is 1.99. The topological polar surface area (TPSA) is 100 Å². The summed E-state index contributed by atoms with van der Waals surface area (Å²) in [6.07, 6.45) is -0.599. The molecule has 0 bridgehead atoms. The van der Waals surface area contributed by atoms with Gasteiger partial charge in [-0.3, -0.25) is 5.32 Å². The minimum absolute atomic E-state index is 0.294. The molecule has 0 unspecified atom stereocenters. The molecule has 0 saturated carbocycles. The van der Waals surface area contributed by atoms with Crippen LogP contribution in [0.3, 0.4) is 0 Å². The fourth-order valence-corrected chi connectivity index (χ4v) is 1.99. The molecule has 7 nitrogen and oxygen atoms in total. The average Bonchev–Trinajstić information content (AvgIpc) is 2.96. The zero-order chi connectivity index (χ0) is 16.2. The molecule has 0 aliphatic carbocycles. The highest BCUT2D eigenvalue weighted by atomic mass is 16.5. The second kappa shape index (κ2) is 6.07. The van der Waals surface area contributed by atoms with Crippen molar-refractivity contribution in [3.05, 3.63) is 48.0 Å². The number of aromatic nitrogens is 2. The van der Waals surface area contributed by atoms with Gasteiger partial charge in [0.1, 0.15) is 11.5 Å². The van der Waals surface area contributed by atoms with Crippen LogP contribution >= 0.6 is 0 Å². The van der Waals surface area contributed by atoms with E-state index in [9.17, 15) is 4.79 Å². The second-order valence-corrected chi connectivity index (χ2v) is 4.62.